The third-order valence-corrected chi connectivity index (χ3v) is 3.11. The molecular formula is C12H17IO3. The van der Waals surface area contributed by atoms with Crippen LogP contribution in [0, 0.1) is 6.92 Å². The van der Waals surface area contributed by atoms with Gasteiger partial charge in [0.05, 0.1) is 14.2 Å². The van der Waals surface area contributed by atoms with E-state index in [-0.39, 0.29) is 9.17 Å². The maximum Gasteiger partial charge on any atom is 0.201 e. The highest BCUT2D eigenvalue weighted by Gasteiger charge is 2.24. The number of halogens is 1. The van der Waals surface area contributed by atoms with Gasteiger partial charge in [0.25, 0.3) is 0 Å². The van der Waals surface area contributed by atoms with Crippen molar-refractivity contribution in [2.45, 2.75) is 24.2 Å². The van der Waals surface area contributed by atoms with Crippen molar-refractivity contribution in [1.29, 1.82) is 0 Å². The zero-order valence-electron chi connectivity index (χ0n) is 10.2. The molecule has 1 aromatic carbocycles. The minimum atomic E-state index is -0.0455. The maximum atomic E-state index is 9.91. The lowest BCUT2D eigenvalue weighted by Gasteiger charge is -2.23. The van der Waals surface area contributed by atoms with Crippen LogP contribution in [0.2, 0.25) is 0 Å². The zero-order chi connectivity index (χ0) is 12.5. The van der Waals surface area contributed by atoms with E-state index >= 15 is 0 Å². The summed E-state index contributed by atoms with van der Waals surface area (Å²) in [6.45, 7) is 6.14. The molecule has 1 N–H and O–H groups in total. The van der Waals surface area contributed by atoms with Crippen LogP contribution in [0.15, 0.2) is 6.07 Å². The van der Waals surface area contributed by atoms with E-state index in [1.165, 1.54) is 7.11 Å². The number of methoxy groups -OCH3 is 2. The van der Waals surface area contributed by atoms with Gasteiger partial charge in [0.1, 0.15) is 0 Å². The van der Waals surface area contributed by atoms with Crippen molar-refractivity contribution in [2.75, 3.05) is 14.2 Å². The molecule has 0 aliphatic heterocycles. The molecule has 16 heavy (non-hydrogen) atoms. The van der Waals surface area contributed by atoms with Gasteiger partial charge < -0.3 is 14.6 Å². The van der Waals surface area contributed by atoms with E-state index in [0.717, 1.165) is 11.1 Å². The number of ether oxygens (including phenoxy) is 2. The molecule has 0 aliphatic rings. The van der Waals surface area contributed by atoms with E-state index < -0.39 is 0 Å². The van der Waals surface area contributed by atoms with E-state index in [1.807, 2.05) is 13.0 Å². The summed E-state index contributed by atoms with van der Waals surface area (Å²) < 4.78 is 10.3. The molecule has 90 valence electrons. The van der Waals surface area contributed by atoms with E-state index in [4.69, 9.17) is 9.47 Å². The van der Waals surface area contributed by atoms with Crippen LogP contribution in [0.5, 0.6) is 17.2 Å². The summed E-state index contributed by atoms with van der Waals surface area (Å²) in [4.78, 5) is 0. The molecule has 0 bridgehead atoms. The smallest absolute Gasteiger partial charge is 0.201 e. The van der Waals surface area contributed by atoms with E-state index in [0.29, 0.717) is 11.5 Å². The van der Waals surface area contributed by atoms with E-state index in [2.05, 4.69) is 36.4 Å². The van der Waals surface area contributed by atoms with Gasteiger partial charge >= 0.3 is 0 Å². The number of hydrogen-bond acceptors (Lipinski definition) is 3. The van der Waals surface area contributed by atoms with Gasteiger partial charge in [0.2, 0.25) is 5.75 Å². The van der Waals surface area contributed by atoms with E-state index in [9.17, 15) is 5.11 Å². The standard InChI is InChI=1S/C12H17IO3/c1-7-8(12(2,3)13)6-9(15-4)10(14)11(7)16-5/h6,14H,1-5H3. The Morgan fingerprint density at radius 2 is 1.81 bits per heavy atom. The summed E-state index contributed by atoms with van der Waals surface area (Å²) in [7, 11) is 3.08. The van der Waals surface area contributed by atoms with Crippen molar-refractivity contribution in [1.82, 2.24) is 0 Å². The second-order valence-electron chi connectivity index (χ2n) is 4.11. The van der Waals surface area contributed by atoms with Gasteiger partial charge in [0.15, 0.2) is 11.5 Å². The third-order valence-electron chi connectivity index (χ3n) is 2.53. The van der Waals surface area contributed by atoms with Crippen LogP contribution < -0.4 is 9.47 Å². The number of alkyl halides is 1. The fraction of sp³-hybridized carbons (Fsp3) is 0.500. The molecule has 0 spiro atoms. The van der Waals surface area contributed by atoms with Crippen molar-refractivity contribution in [3.05, 3.63) is 17.2 Å². The van der Waals surface area contributed by atoms with Gasteiger partial charge in [-0.25, -0.2) is 0 Å². The SMILES string of the molecule is COc1cc(C(C)(C)I)c(C)c(OC)c1O. The molecule has 0 amide bonds. The molecule has 0 radical (unpaired) electrons. The van der Waals surface area contributed by atoms with Crippen molar-refractivity contribution < 1.29 is 14.6 Å². The molecule has 0 aliphatic carbocycles. The highest BCUT2D eigenvalue weighted by molar-refractivity contribution is 14.1. The second kappa shape index (κ2) is 4.69. The lowest BCUT2D eigenvalue weighted by molar-refractivity contribution is 0.337. The summed E-state index contributed by atoms with van der Waals surface area (Å²) >= 11 is 2.35. The van der Waals surface area contributed by atoms with Crippen molar-refractivity contribution in [2.24, 2.45) is 0 Å². The van der Waals surface area contributed by atoms with Crippen LogP contribution in [-0.4, -0.2) is 19.3 Å². The first kappa shape index (κ1) is 13.4. The highest BCUT2D eigenvalue weighted by atomic mass is 127. The Hall–Kier alpha value is -0.650. The molecule has 4 heteroatoms. The molecule has 0 saturated carbocycles. The predicted molar refractivity (Wildman–Crippen MR) is 73.0 cm³/mol. The minimum Gasteiger partial charge on any atom is -0.502 e. The lowest BCUT2D eigenvalue weighted by Crippen LogP contribution is -2.10. The van der Waals surface area contributed by atoms with Gasteiger partial charge in [-0.1, -0.05) is 22.6 Å². The molecule has 3 nitrogen and oxygen atoms in total. The van der Waals surface area contributed by atoms with Crippen LogP contribution in [0.25, 0.3) is 0 Å². The van der Waals surface area contributed by atoms with Crippen LogP contribution in [0.4, 0.5) is 0 Å². The van der Waals surface area contributed by atoms with Crippen LogP contribution >= 0.6 is 22.6 Å². The van der Waals surface area contributed by atoms with Crippen LogP contribution in [0.1, 0.15) is 25.0 Å². The van der Waals surface area contributed by atoms with Gasteiger partial charge in [-0.3, -0.25) is 0 Å². The Morgan fingerprint density at radius 1 is 1.25 bits per heavy atom. The number of benzene rings is 1. The monoisotopic (exact) mass is 336 g/mol. The van der Waals surface area contributed by atoms with E-state index in [1.54, 1.807) is 7.11 Å². The molecule has 1 aromatic rings. The Bertz CT molecular complexity index is 394. The Labute approximate surface area is 110 Å². The average Bonchev–Trinajstić information content (AvgIpc) is 2.17. The number of rotatable bonds is 3. The average molecular weight is 336 g/mol. The minimum absolute atomic E-state index is 0.0455. The first-order chi connectivity index (χ1) is 7.32. The molecule has 0 heterocycles. The largest absolute Gasteiger partial charge is 0.502 e. The normalized spacial score (nSPS) is 11.4. The maximum absolute atomic E-state index is 9.91. The summed E-state index contributed by atoms with van der Waals surface area (Å²) in [5, 5.41) is 9.91. The number of phenols is 1. The quantitative estimate of drug-likeness (QED) is 0.679. The predicted octanol–water partition coefficient (Wildman–Crippen LogP) is 3.39. The van der Waals surface area contributed by atoms with Crippen LogP contribution in [-0.2, 0) is 3.42 Å². The summed E-state index contributed by atoms with van der Waals surface area (Å²) in [6, 6.07) is 1.86. The topological polar surface area (TPSA) is 38.7 Å². The first-order valence-electron chi connectivity index (χ1n) is 4.96. The van der Waals surface area contributed by atoms with Crippen LogP contribution in [0.3, 0.4) is 0 Å². The van der Waals surface area contributed by atoms with Crippen molar-refractivity contribution in [3.8, 4) is 17.2 Å². The van der Waals surface area contributed by atoms with Gasteiger partial charge in [0, 0.05) is 3.42 Å². The Balaban J connectivity index is 3.53. The zero-order valence-corrected chi connectivity index (χ0v) is 12.4. The number of phenolic OH excluding ortho intramolecular Hbond substituents is 1. The summed E-state index contributed by atoms with van der Waals surface area (Å²) in [5.41, 5.74) is 2.04. The molecular weight excluding hydrogens is 319 g/mol. The Morgan fingerprint density at radius 3 is 2.19 bits per heavy atom. The number of hydrogen-bond donors (Lipinski definition) is 1. The lowest BCUT2D eigenvalue weighted by atomic mass is 9.96. The molecule has 0 aromatic heterocycles. The third kappa shape index (κ3) is 2.36. The van der Waals surface area contributed by atoms with Gasteiger partial charge in [-0.2, -0.15) is 0 Å². The molecule has 0 atom stereocenters. The highest BCUT2D eigenvalue weighted by Crippen LogP contribution is 2.45. The fourth-order valence-electron chi connectivity index (χ4n) is 1.74. The summed E-state index contributed by atoms with van der Waals surface area (Å²) in [6.07, 6.45) is 0. The van der Waals surface area contributed by atoms with Gasteiger partial charge in [-0.15, -0.1) is 0 Å². The van der Waals surface area contributed by atoms with Crippen molar-refractivity contribution >= 4 is 22.6 Å². The summed E-state index contributed by atoms with van der Waals surface area (Å²) in [5.74, 6) is 0.994. The fourth-order valence-corrected chi connectivity index (χ4v) is 2.30. The second-order valence-corrected chi connectivity index (χ2v) is 6.80. The molecule has 1 rings (SSSR count). The molecule has 0 fully saturated rings. The molecule has 0 unspecified atom stereocenters. The first-order valence-corrected chi connectivity index (χ1v) is 6.04. The van der Waals surface area contributed by atoms with Crippen molar-refractivity contribution in [3.63, 3.8) is 0 Å². The number of aromatic hydroxyl groups is 1. The molecule has 0 saturated heterocycles. The van der Waals surface area contributed by atoms with Gasteiger partial charge in [-0.05, 0) is 38.0 Å². The Kier molecular flexibility index (Phi) is 3.93.